The maximum Gasteiger partial charge on any atom is 0.407 e. The van der Waals surface area contributed by atoms with Gasteiger partial charge in [0, 0.05) is 70.9 Å². The van der Waals surface area contributed by atoms with Crippen molar-refractivity contribution in [1.82, 2.24) is 20.5 Å². The third kappa shape index (κ3) is 10.7. The molecule has 0 unspecified atom stereocenters. The highest BCUT2D eigenvalue weighted by Gasteiger charge is 2.22. The lowest BCUT2D eigenvalue weighted by atomic mass is 9.98. The quantitative estimate of drug-likeness (QED) is 0.0465. The number of ether oxygens (including phenoxy) is 2. The molecule has 4 N–H and O–H groups in total. The normalized spacial score (nSPS) is 11.1. The molecule has 3 aromatic carbocycles. The molecule has 0 aliphatic carbocycles. The van der Waals surface area contributed by atoms with Gasteiger partial charge in [0.25, 0.3) is 0 Å². The standard InChI is InChI=1S/C36H38F2N4O4S.CH4O/c1-36(2,15-3-4-20-47-26-9-5-7-24(21-26)8-6-18-43)41-35(44)45-19-14-28-27-12-16-39-33(27)23-31(38)34(28)46-25-10-11-30(37)29(22-25)32-13-17-40-42-32;1-2/h5,7,9-13,16-18,21-23,39H,3-4,6,8,14-15,19-20H2,1-2H3,(H,40,42)(H,41,44);2H,1H3. The van der Waals surface area contributed by atoms with Crippen LogP contribution in [0.25, 0.3) is 22.2 Å². The van der Waals surface area contributed by atoms with Crippen LogP contribution in [0.5, 0.6) is 11.5 Å². The lowest BCUT2D eigenvalue weighted by Gasteiger charge is -2.26. The van der Waals surface area contributed by atoms with E-state index in [9.17, 15) is 14.0 Å². The largest absolute Gasteiger partial charge is 0.454 e. The van der Waals surface area contributed by atoms with E-state index in [0.717, 1.165) is 55.8 Å². The van der Waals surface area contributed by atoms with Gasteiger partial charge >= 0.3 is 6.09 Å². The van der Waals surface area contributed by atoms with Crippen molar-refractivity contribution in [3.05, 3.63) is 95.8 Å². The summed E-state index contributed by atoms with van der Waals surface area (Å²) in [5.74, 6) is 0.100. The number of carbonyl (C=O) groups excluding carboxylic acids is 2. The number of hydrogen-bond donors (Lipinski definition) is 4. The van der Waals surface area contributed by atoms with Crippen LogP contribution in [0.3, 0.4) is 0 Å². The number of aldehydes is 1. The maximum absolute atomic E-state index is 15.4. The monoisotopic (exact) mass is 692 g/mol. The second-order valence-electron chi connectivity index (χ2n) is 11.9. The van der Waals surface area contributed by atoms with E-state index in [0.29, 0.717) is 23.2 Å². The summed E-state index contributed by atoms with van der Waals surface area (Å²) in [5.41, 5.74) is 2.49. The Hall–Kier alpha value is -4.68. The van der Waals surface area contributed by atoms with Gasteiger partial charge in [0.15, 0.2) is 11.6 Å². The summed E-state index contributed by atoms with van der Waals surface area (Å²) in [6, 6.07) is 17.2. The smallest absolute Gasteiger partial charge is 0.407 e. The fourth-order valence-electron chi connectivity index (χ4n) is 5.38. The van der Waals surface area contributed by atoms with Gasteiger partial charge in [-0.2, -0.15) is 5.10 Å². The maximum atomic E-state index is 15.4. The molecule has 0 radical (unpaired) electrons. The predicted octanol–water partition coefficient (Wildman–Crippen LogP) is 8.38. The zero-order valence-electron chi connectivity index (χ0n) is 27.9. The van der Waals surface area contributed by atoms with Gasteiger partial charge < -0.3 is 29.7 Å². The second kappa shape index (κ2) is 18.2. The van der Waals surface area contributed by atoms with Crippen LogP contribution < -0.4 is 10.1 Å². The molecule has 0 spiro atoms. The van der Waals surface area contributed by atoms with E-state index in [4.69, 9.17) is 14.6 Å². The highest BCUT2D eigenvalue weighted by Crippen LogP contribution is 2.36. The highest BCUT2D eigenvalue weighted by atomic mass is 32.2. The fraction of sp³-hybridized carbons (Fsp3) is 0.324. The molecule has 260 valence electrons. The minimum absolute atomic E-state index is 0.00658. The van der Waals surface area contributed by atoms with E-state index in [-0.39, 0.29) is 30.1 Å². The van der Waals surface area contributed by atoms with Crippen molar-refractivity contribution in [3.63, 3.8) is 0 Å². The Bertz CT molecular complexity index is 1810. The molecule has 0 aliphatic heterocycles. The SMILES string of the molecule is CC(C)(CCCCSc1cccc(CCC=O)c1)NC(=O)OCCc1c(Oc2ccc(F)c(-c3ccn[nH]3)c2)c(F)cc2[nH]ccc12.CO. The number of alkyl carbamates (subject to hydrolysis) is 1. The Labute approximate surface area is 288 Å². The van der Waals surface area contributed by atoms with Crippen molar-refractivity contribution in [2.75, 3.05) is 19.5 Å². The molecule has 5 aromatic rings. The van der Waals surface area contributed by atoms with Gasteiger partial charge in [-0.15, -0.1) is 11.8 Å². The zero-order chi connectivity index (χ0) is 35.2. The minimum Gasteiger partial charge on any atom is -0.454 e. The molecule has 0 bridgehead atoms. The summed E-state index contributed by atoms with van der Waals surface area (Å²) in [6.07, 6.45) is 7.76. The van der Waals surface area contributed by atoms with E-state index in [1.807, 2.05) is 32.0 Å². The molecular weight excluding hydrogens is 650 g/mol. The third-order valence-corrected chi connectivity index (χ3v) is 8.83. The zero-order valence-corrected chi connectivity index (χ0v) is 28.7. The summed E-state index contributed by atoms with van der Waals surface area (Å²) in [5, 5.41) is 17.3. The van der Waals surface area contributed by atoms with Crippen molar-refractivity contribution < 1.29 is 33.0 Å². The van der Waals surface area contributed by atoms with Gasteiger partial charge in [0.1, 0.15) is 17.9 Å². The van der Waals surface area contributed by atoms with E-state index in [2.05, 4.69) is 32.6 Å². The summed E-state index contributed by atoms with van der Waals surface area (Å²) < 4.78 is 41.4. The Morgan fingerprint density at radius 3 is 2.65 bits per heavy atom. The Morgan fingerprint density at radius 2 is 1.88 bits per heavy atom. The van der Waals surface area contributed by atoms with E-state index >= 15 is 4.39 Å². The molecule has 0 aliphatic rings. The number of aromatic nitrogens is 3. The van der Waals surface area contributed by atoms with Crippen LogP contribution in [0, 0.1) is 11.6 Å². The summed E-state index contributed by atoms with van der Waals surface area (Å²) in [6.45, 7) is 3.91. The number of hydrogen-bond acceptors (Lipinski definition) is 7. The van der Waals surface area contributed by atoms with Gasteiger partial charge in [0.05, 0.1) is 12.3 Å². The Kier molecular flexibility index (Phi) is 13.8. The number of rotatable bonds is 16. The number of nitrogens with zero attached hydrogens (tertiary/aromatic N) is 1. The molecule has 49 heavy (non-hydrogen) atoms. The summed E-state index contributed by atoms with van der Waals surface area (Å²) >= 11 is 1.79. The molecule has 0 saturated carbocycles. The van der Waals surface area contributed by atoms with Gasteiger partial charge in [-0.3, -0.25) is 5.10 Å². The first-order valence-corrected chi connectivity index (χ1v) is 17.0. The predicted molar refractivity (Wildman–Crippen MR) is 188 cm³/mol. The molecule has 0 atom stereocenters. The van der Waals surface area contributed by atoms with Crippen molar-refractivity contribution >= 4 is 35.0 Å². The number of aromatic amines is 2. The van der Waals surface area contributed by atoms with Gasteiger partial charge in [-0.05, 0) is 86.9 Å². The number of aliphatic hydroxyl groups excluding tert-OH is 1. The van der Waals surface area contributed by atoms with Crippen LogP contribution in [-0.2, 0) is 22.4 Å². The number of nitrogens with one attached hydrogen (secondary N) is 3. The summed E-state index contributed by atoms with van der Waals surface area (Å²) in [7, 11) is 1.00. The topological polar surface area (TPSA) is 129 Å². The van der Waals surface area contributed by atoms with Gasteiger partial charge in [0.2, 0.25) is 0 Å². The molecule has 5 rings (SSSR count). The lowest BCUT2D eigenvalue weighted by Crippen LogP contribution is -2.43. The number of H-pyrrole nitrogens is 2. The lowest BCUT2D eigenvalue weighted by molar-refractivity contribution is -0.107. The minimum atomic E-state index is -0.600. The number of carbonyl (C=O) groups is 2. The van der Waals surface area contributed by atoms with Crippen molar-refractivity contribution in [1.29, 1.82) is 0 Å². The summed E-state index contributed by atoms with van der Waals surface area (Å²) in [4.78, 5) is 27.6. The first kappa shape index (κ1) is 37.1. The van der Waals surface area contributed by atoms with Crippen molar-refractivity contribution in [2.24, 2.45) is 0 Å². The van der Waals surface area contributed by atoms with Crippen LogP contribution in [-0.4, -0.2) is 57.7 Å². The number of amides is 1. The number of benzene rings is 3. The number of unbranched alkanes of at least 4 members (excludes halogenated alkanes) is 1. The molecule has 1 amide bonds. The molecular formula is C37H42F2N4O5S. The van der Waals surface area contributed by atoms with Crippen LogP contribution in [0.1, 0.15) is 50.7 Å². The Morgan fingerprint density at radius 1 is 1.04 bits per heavy atom. The molecule has 0 saturated heterocycles. The van der Waals surface area contributed by atoms with Crippen LogP contribution in [0.4, 0.5) is 13.6 Å². The first-order chi connectivity index (χ1) is 23.7. The number of aryl methyl sites for hydroxylation is 1. The number of thioether (sulfide) groups is 1. The molecule has 2 aromatic heterocycles. The average Bonchev–Trinajstić information content (AvgIpc) is 3.79. The van der Waals surface area contributed by atoms with E-state index < -0.39 is 23.3 Å². The molecule has 9 nitrogen and oxygen atoms in total. The molecule has 2 heterocycles. The van der Waals surface area contributed by atoms with E-state index in [1.54, 1.807) is 24.0 Å². The van der Waals surface area contributed by atoms with E-state index in [1.165, 1.54) is 35.4 Å². The number of fused-ring (bicyclic) bond motifs is 1. The number of aliphatic hydroxyl groups is 1. The van der Waals surface area contributed by atoms with Crippen LogP contribution >= 0.6 is 11.8 Å². The van der Waals surface area contributed by atoms with Gasteiger partial charge in [-0.25, -0.2) is 13.6 Å². The first-order valence-electron chi connectivity index (χ1n) is 16.0. The second-order valence-corrected chi connectivity index (χ2v) is 13.0. The van der Waals surface area contributed by atoms with Crippen molar-refractivity contribution in [2.45, 2.75) is 62.8 Å². The highest BCUT2D eigenvalue weighted by molar-refractivity contribution is 7.99. The molecule has 0 fully saturated rings. The van der Waals surface area contributed by atoms with Crippen LogP contribution in [0.15, 0.2) is 78.0 Å². The fourth-order valence-corrected chi connectivity index (χ4v) is 6.37. The Balaban J connectivity index is 0.00000265. The molecule has 12 heteroatoms. The van der Waals surface area contributed by atoms with Crippen LogP contribution in [0.2, 0.25) is 0 Å². The average molecular weight is 693 g/mol. The van der Waals surface area contributed by atoms with Crippen molar-refractivity contribution in [3.8, 4) is 22.8 Å². The third-order valence-electron chi connectivity index (χ3n) is 7.75. The number of halogens is 2. The van der Waals surface area contributed by atoms with Gasteiger partial charge in [-0.1, -0.05) is 18.6 Å².